The van der Waals surface area contributed by atoms with Crippen LogP contribution in [0.1, 0.15) is 51.8 Å². The van der Waals surface area contributed by atoms with Gasteiger partial charge < -0.3 is 19.3 Å². The third-order valence-electron chi connectivity index (χ3n) is 5.74. The molecule has 0 aliphatic carbocycles. The molecule has 0 radical (unpaired) electrons. The molecular weight excluding hydrogens is 619 g/mol. The largest absolute Gasteiger partial charge is 0.504 e. The number of ether oxygens (including phenoxy) is 3. The summed E-state index contributed by atoms with van der Waals surface area (Å²) in [5.41, 5.74) is 1.85. The average Bonchev–Trinajstić information content (AvgIpc) is 3.16. The van der Waals surface area contributed by atoms with E-state index in [1.165, 1.54) is 15.9 Å². The zero-order chi connectivity index (χ0) is 27.6. The van der Waals surface area contributed by atoms with E-state index in [9.17, 15) is 14.7 Å². The van der Waals surface area contributed by atoms with Crippen LogP contribution in [-0.4, -0.2) is 35.0 Å². The molecule has 4 rings (SSSR count). The van der Waals surface area contributed by atoms with Gasteiger partial charge in [-0.3, -0.25) is 9.36 Å². The number of aromatic nitrogens is 1. The van der Waals surface area contributed by atoms with Gasteiger partial charge in [0.1, 0.15) is 11.8 Å². The Bertz CT molecular complexity index is 1590. The molecule has 0 bridgehead atoms. The number of nitrogens with zero attached hydrogens (tertiary/aromatic N) is 2. The highest BCUT2D eigenvalue weighted by Gasteiger charge is 2.35. The summed E-state index contributed by atoms with van der Waals surface area (Å²) in [6.07, 6.45) is 1.63. The fourth-order valence-corrected chi connectivity index (χ4v) is 5.92. The summed E-state index contributed by atoms with van der Waals surface area (Å²) in [5, 5.41) is 10.3. The topological polar surface area (TPSA) is 99.4 Å². The Labute approximate surface area is 238 Å². The van der Waals surface area contributed by atoms with E-state index < -0.39 is 12.0 Å². The Hall–Kier alpha value is -3.12. The first-order chi connectivity index (χ1) is 18.2. The van der Waals surface area contributed by atoms with Gasteiger partial charge in [0.2, 0.25) is 0 Å². The van der Waals surface area contributed by atoms with Crippen LogP contribution >= 0.6 is 33.9 Å². The Morgan fingerprint density at radius 1 is 1.21 bits per heavy atom. The normalized spacial score (nSPS) is 15.3. The van der Waals surface area contributed by atoms with Crippen molar-refractivity contribution < 1.29 is 24.1 Å². The number of hydrogen-bond donors (Lipinski definition) is 1. The van der Waals surface area contributed by atoms with Crippen molar-refractivity contribution in [3.8, 4) is 17.2 Å². The molecule has 1 atom stereocenters. The van der Waals surface area contributed by atoms with Gasteiger partial charge in [-0.05, 0) is 87.0 Å². The molecule has 8 nitrogen and oxygen atoms in total. The molecule has 200 valence electrons. The van der Waals surface area contributed by atoms with Crippen molar-refractivity contribution >= 4 is 46.0 Å². The van der Waals surface area contributed by atoms with Crippen LogP contribution in [0.3, 0.4) is 0 Å². The van der Waals surface area contributed by atoms with E-state index in [2.05, 4.69) is 4.99 Å². The highest BCUT2D eigenvalue weighted by atomic mass is 127. The molecule has 38 heavy (non-hydrogen) atoms. The first-order valence-electron chi connectivity index (χ1n) is 12.3. The van der Waals surface area contributed by atoms with E-state index >= 15 is 0 Å². The number of rotatable bonds is 8. The van der Waals surface area contributed by atoms with E-state index in [1.807, 2.05) is 67.6 Å². The van der Waals surface area contributed by atoms with Gasteiger partial charge in [-0.2, -0.15) is 0 Å². The van der Waals surface area contributed by atoms with E-state index in [1.54, 1.807) is 32.1 Å². The van der Waals surface area contributed by atoms with Gasteiger partial charge in [-0.25, -0.2) is 9.79 Å². The number of benzene rings is 2. The highest BCUT2D eigenvalue weighted by molar-refractivity contribution is 14.1. The van der Waals surface area contributed by atoms with E-state index in [0.29, 0.717) is 53.4 Å². The van der Waals surface area contributed by atoms with Crippen LogP contribution in [0.5, 0.6) is 17.2 Å². The first-order valence-corrected chi connectivity index (χ1v) is 14.2. The first kappa shape index (κ1) is 27.9. The third kappa shape index (κ3) is 5.51. The number of phenolic OH excluding ortho intramolecular Hbond substituents is 1. The fraction of sp³-hybridized carbons (Fsp3) is 0.321. The Morgan fingerprint density at radius 3 is 2.63 bits per heavy atom. The maximum Gasteiger partial charge on any atom is 0.338 e. The standard InChI is InChI=1S/C28H29IN2O6S/c1-6-35-21-13-17(12-19(29)25(21)32)14-22-26(33)31-24(18-10-8-9-11-20(18)37-15(3)4)23(27(34)36-7-2)16(5)30-28(31)38-22/h8-15,24,32H,6-7H2,1-5H3/b22-14-/t24-/m1/s1. The monoisotopic (exact) mass is 648 g/mol. The van der Waals surface area contributed by atoms with E-state index in [-0.39, 0.29) is 24.0 Å². The number of carbonyl (C=O) groups is 1. The third-order valence-corrected chi connectivity index (χ3v) is 7.55. The molecule has 0 spiro atoms. The van der Waals surface area contributed by atoms with Crippen molar-refractivity contribution in [1.82, 2.24) is 4.57 Å². The summed E-state index contributed by atoms with van der Waals surface area (Å²) in [6.45, 7) is 9.75. The molecule has 0 saturated heterocycles. The summed E-state index contributed by atoms with van der Waals surface area (Å²) in [4.78, 5) is 32.2. The van der Waals surface area contributed by atoms with Crippen LogP contribution in [0.25, 0.3) is 6.08 Å². The maximum absolute atomic E-state index is 13.9. The molecular formula is C28H29IN2O6S. The molecule has 1 aliphatic heterocycles. The molecule has 3 aromatic rings. The van der Waals surface area contributed by atoms with Gasteiger partial charge in [-0.15, -0.1) is 0 Å². The second-order valence-corrected chi connectivity index (χ2v) is 11.0. The summed E-state index contributed by atoms with van der Waals surface area (Å²) in [7, 11) is 0. The average molecular weight is 649 g/mol. The number of fused-ring (bicyclic) bond motifs is 1. The molecule has 0 fully saturated rings. The van der Waals surface area contributed by atoms with Crippen LogP contribution in [0, 0.1) is 3.57 Å². The molecule has 0 unspecified atom stereocenters. The predicted molar refractivity (Wildman–Crippen MR) is 155 cm³/mol. The number of phenols is 1. The summed E-state index contributed by atoms with van der Waals surface area (Å²) in [5.74, 6) is 0.453. The van der Waals surface area contributed by atoms with Crippen LogP contribution in [0.4, 0.5) is 0 Å². The maximum atomic E-state index is 13.9. The Morgan fingerprint density at radius 2 is 1.95 bits per heavy atom. The molecule has 0 saturated carbocycles. The number of allylic oxidation sites excluding steroid dienone is 1. The predicted octanol–water partition coefficient (Wildman–Crippen LogP) is 4.29. The van der Waals surface area contributed by atoms with Crippen molar-refractivity contribution in [2.45, 2.75) is 46.8 Å². The van der Waals surface area contributed by atoms with Crippen molar-refractivity contribution in [3.63, 3.8) is 0 Å². The van der Waals surface area contributed by atoms with Gasteiger partial charge in [-0.1, -0.05) is 29.5 Å². The number of aromatic hydroxyl groups is 1. The zero-order valence-electron chi connectivity index (χ0n) is 21.8. The smallest absolute Gasteiger partial charge is 0.338 e. The minimum atomic E-state index is -0.777. The number of carbonyl (C=O) groups excluding carboxylic acids is 1. The van der Waals surface area contributed by atoms with Crippen LogP contribution in [0.15, 0.2) is 57.5 Å². The van der Waals surface area contributed by atoms with Crippen molar-refractivity contribution in [2.24, 2.45) is 4.99 Å². The lowest BCUT2D eigenvalue weighted by Crippen LogP contribution is -2.40. The van der Waals surface area contributed by atoms with Gasteiger partial charge in [0.25, 0.3) is 5.56 Å². The number of esters is 1. The lowest BCUT2D eigenvalue weighted by molar-refractivity contribution is -0.139. The second kappa shape index (κ2) is 11.7. The zero-order valence-corrected chi connectivity index (χ0v) is 24.8. The van der Waals surface area contributed by atoms with Gasteiger partial charge in [0.15, 0.2) is 16.3 Å². The molecule has 2 heterocycles. The van der Waals surface area contributed by atoms with Crippen molar-refractivity contribution in [2.75, 3.05) is 13.2 Å². The lowest BCUT2D eigenvalue weighted by Gasteiger charge is -2.26. The highest BCUT2D eigenvalue weighted by Crippen LogP contribution is 2.36. The van der Waals surface area contributed by atoms with Crippen molar-refractivity contribution in [3.05, 3.63) is 82.1 Å². The molecule has 2 aromatic carbocycles. The SMILES string of the molecule is CCOC(=O)C1=C(C)N=c2s/c(=C\c3cc(I)c(O)c(OCC)c3)c(=O)n2[C@@H]1c1ccccc1OC(C)C. The Kier molecular flexibility index (Phi) is 8.61. The quantitative estimate of drug-likeness (QED) is 0.289. The Balaban J connectivity index is 1.97. The molecule has 0 amide bonds. The second-order valence-electron chi connectivity index (χ2n) is 8.79. The number of halogens is 1. The summed E-state index contributed by atoms with van der Waals surface area (Å²) >= 11 is 3.26. The van der Waals surface area contributed by atoms with Crippen LogP contribution in [0.2, 0.25) is 0 Å². The number of hydrogen-bond acceptors (Lipinski definition) is 8. The van der Waals surface area contributed by atoms with Crippen LogP contribution in [-0.2, 0) is 9.53 Å². The van der Waals surface area contributed by atoms with Gasteiger partial charge in [0, 0.05) is 5.56 Å². The van der Waals surface area contributed by atoms with E-state index in [0.717, 1.165) is 0 Å². The fourth-order valence-electron chi connectivity index (χ4n) is 4.25. The van der Waals surface area contributed by atoms with Crippen LogP contribution < -0.4 is 24.4 Å². The van der Waals surface area contributed by atoms with E-state index in [4.69, 9.17) is 14.2 Å². The van der Waals surface area contributed by atoms with Gasteiger partial charge >= 0.3 is 5.97 Å². The summed E-state index contributed by atoms with van der Waals surface area (Å²) < 4.78 is 19.6. The molecule has 10 heteroatoms. The van der Waals surface area contributed by atoms with Gasteiger partial charge in [0.05, 0.1) is 38.7 Å². The number of thiazole rings is 1. The van der Waals surface area contributed by atoms with Crippen molar-refractivity contribution in [1.29, 1.82) is 0 Å². The minimum absolute atomic E-state index is 0.0579. The molecule has 1 aliphatic rings. The molecule has 1 N–H and O–H groups in total. The summed E-state index contributed by atoms with van der Waals surface area (Å²) in [6, 6.07) is 10.1. The number of para-hydroxylation sites is 1. The molecule has 1 aromatic heterocycles. The minimum Gasteiger partial charge on any atom is -0.504 e. The lowest BCUT2D eigenvalue weighted by atomic mass is 9.95.